The predicted octanol–water partition coefficient (Wildman–Crippen LogP) is 1.51. The van der Waals surface area contributed by atoms with Crippen molar-refractivity contribution in [2.24, 2.45) is 5.73 Å². The van der Waals surface area contributed by atoms with E-state index in [4.69, 9.17) is 5.73 Å². The Morgan fingerprint density at radius 1 is 1.50 bits per heavy atom. The molecular formula is C5H14ClNS. The smallest absolute Gasteiger partial charge is 0.0223 e. The fourth-order valence-electron chi connectivity index (χ4n) is 0.0833. The van der Waals surface area contributed by atoms with Crippen LogP contribution in [0.5, 0.6) is 0 Å². The third kappa shape index (κ3) is 4.75. The molecule has 0 unspecified atom stereocenters. The van der Waals surface area contributed by atoms with Crippen LogP contribution in [-0.2, 0) is 0 Å². The zero-order valence-electron chi connectivity index (χ0n) is 5.60. The van der Waals surface area contributed by atoms with Gasteiger partial charge in [-0.25, -0.2) is 0 Å². The third-order valence-corrected chi connectivity index (χ3v) is 2.32. The van der Waals surface area contributed by atoms with E-state index in [0.29, 0.717) is 0 Å². The van der Waals surface area contributed by atoms with E-state index in [1.54, 1.807) is 11.8 Å². The highest BCUT2D eigenvalue weighted by atomic mass is 35.5. The lowest BCUT2D eigenvalue weighted by Crippen LogP contribution is -2.25. The summed E-state index contributed by atoms with van der Waals surface area (Å²) in [6.07, 6.45) is 2.08. The Bertz CT molecular complexity index is 50.4. The van der Waals surface area contributed by atoms with Crippen molar-refractivity contribution in [3.63, 3.8) is 0 Å². The standard InChI is InChI=1S/C5H13NS.ClH/c1-5(2,4-6)7-3;/h4,6H2,1-3H3;1H. The van der Waals surface area contributed by atoms with Crippen LogP contribution < -0.4 is 5.73 Å². The molecule has 0 spiro atoms. The van der Waals surface area contributed by atoms with E-state index < -0.39 is 0 Å². The first-order chi connectivity index (χ1) is 3.12. The Labute approximate surface area is 61.8 Å². The Morgan fingerprint density at radius 2 is 1.88 bits per heavy atom. The number of halogens is 1. The largest absolute Gasteiger partial charge is 0.329 e. The lowest BCUT2D eigenvalue weighted by molar-refractivity contribution is 0.725. The number of hydrogen-bond donors (Lipinski definition) is 1. The van der Waals surface area contributed by atoms with Crippen molar-refractivity contribution in [2.75, 3.05) is 12.8 Å². The normalized spacial score (nSPS) is 10.5. The average molecular weight is 156 g/mol. The minimum absolute atomic E-state index is 0. The maximum atomic E-state index is 5.40. The van der Waals surface area contributed by atoms with Gasteiger partial charge in [0.05, 0.1) is 0 Å². The van der Waals surface area contributed by atoms with Crippen molar-refractivity contribution in [1.82, 2.24) is 0 Å². The van der Waals surface area contributed by atoms with Gasteiger partial charge in [-0.1, -0.05) is 0 Å². The molecule has 0 heterocycles. The van der Waals surface area contributed by atoms with Gasteiger partial charge < -0.3 is 5.73 Å². The Balaban J connectivity index is 0. The highest BCUT2D eigenvalue weighted by molar-refractivity contribution is 7.99. The van der Waals surface area contributed by atoms with Gasteiger partial charge in [-0.15, -0.1) is 12.4 Å². The van der Waals surface area contributed by atoms with Crippen molar-refractivity contribution >= 4 is 24.2 Å². The number of hydrogen-bond acceptors (Lipinski definition) is 2. The van der Waals surface area contributed by atoms with Crippen molar-refractivity contribution in [2.45, 2.75) is 18.6 Å². The molecule has 8 heavy (non-hydrogen) atoms. The first kappa shape index (κ1) is 11.4. The Hall–Kier alpha value is 0.600. The SMILES string of the molecule is CSC(C)(C)CN.Cl. The van der Waals surface area contributed by atoms with Crippen LogP contribution >= 0.6 is 24.2 Å². The van der Waals surface area contributed by atoms with Gasteiger partial charge in [0.2, 0.25) is 0 Å². The van der Waals surface area contributed by atoms with Gasteiger partial charge in [-0.3, -0.25) is 0 Å². The molecule has 0 fully saturated rings. The first-order valence-corrected chi connectivity index (χ1v) is 3.60. The summed E-state index contributed by atoms with van der Waals surface area (Å²) in [4.78, 5) is 0. The van der Waals surface area contributed by atoms with Crippen LogP contribution in [0.3, 0.4) is 0 Å². The fourth-order valence-corrected chi connectivity index (χ4v) is 0.250. The van der Waals surface area contributed by atoms with E-state index in [9.17, 15) is 0 Å². The minimum atomic E-state index is 0. The number of thioether (sulfide) groups is 1. The molecule has 0 saturated carbocycles. The second-order valence-corrected chi connectivity index (χ2v) is 3.68. The zero-order chi connectivity index (χ0) is 5.91. The molecule has 3 heteroatoms. The minimum Gasteiger partial charge on any atom is -0.329 e. The molecule has 0 aromatic heterocycles. The average Bonchev–Trinajstić information content (AvgIpc) is 1.68. The van der Waals surface area contributed by atoms with Crippen LogP contribution in [0.1, 0.15) is 13.8 Å². The monoisotopic (exact) mass is 155 g/mol. The highest BCUT2D eigenvalue weighted by Crippen LogP contribution is 2.17. The summed E-state index contributed by atoms with van der Waals surface area (Å²) in [5, 5.41) is 0. The summed E-state index contributed by atoms with van der Waals surface area (Å²) < 4.78 is 0.278. The van der Waals surface area contributed by atoms with Crippen LogP contribution in [0.15, 0.2) is 0 Å². The van der Waals surface area contributed by atoms with Crippen molar-refractivity contribution < 1.29 is 0 Å². The van der Waals surface area contributed by atoms with Crippen LogP contribution in [-0.4, -0.2) is 17.5 Å². The molecule has 0 bridgehead atoms. The van der Waals surface area contributed by atoms with Crippen LogP contribution in [0.25, 0.3) is 0 Å². The summed E-state index contributed by atoms with van der Waals surface area (Å²) in [7, 11) is 0. The molecule has 0 aliphatic carbocycles. The second-order valence-electron chi connectivity index (χ2n) is 2.17. The predicted molar refractivity (Wildman–Crippen MR) is 43.9 cm³/mol. The quantitative estimate of drug-likeness (QED) is 0.655. The van der Waals surface area contributed by atoms with E-state index in [-0.39, 0.29) is 17.2 Å². The van der Waals surface area contributed by atoms with Crippen LogP contribution in [0.2, 0.25) is 0 Å². The van der Waals surface area contributed by atoms with Gasteiger partial charge in [0.15, 0.2) is 0 Å². The van der Waals surface area contributed by atoms with Gasteiger partial charge >= 0.3 is 0 Å². The van der Waals surface area contributed by atoms with Crippen LogP contribution in [0, 0.1) is 0 Å². The summed E-state index contributed by atoms with van der Waals surface area (Å²) in [6.45, 7) is 5.03. The molecule has 2 N–H and O–H groups in total. The lowest BCUT2D eigenvalue weighted by atomic mass is 10.2. The van der Waals surface area contributed by atoms with E-state index >= 15 is 0 Å². The molecule has 0 radical (unpaired) electrons. The molecule has 0 aliphatic rings. The van der Waals surface area contributed by atoms with Crippen molar-refractivity contribution in [1.29, 1.82) is 0 Å². The lowest BCUT2D eigenvalue weighted by Gasteiger charge is -2.17. The molecular weight excluding hydrogens is 142 g/mol. The molecule has 0 aromatic carbocycles. The van der Waals surface area contributed by atoms with Crippen molar-refractivity contribution in [3.05, 3.63) is 0 Å². The van der Waals surface area contributed by atoms with Gasteiger partial charge in [0.1, 0.15) is 0 Å². The molecule has 0 amide bonds. The molecule has 0 atom stereocenters. The maximum absolute atomic E-state index is 5.40. The summed E-state index contributed by atoms with van der Waals surface area (Å²) in [5.41, 5.74) is 5.40. The summed E-state index contributed by atoms with van der Waals surface area (Å²) >= 11 is 1.80. The van der Waals surface area contributed by atoms with E-state index in [0.717, 1.165) is 6.54 Å². The van der Waals surface area contributed by atoms with E-state index in [1.807, 2.05) is 0 Å². The van der Waals surface area contributed by atoms with E-state index in [2.05, 4.69) is 20.1 Å². The zero-order valence-corrected chi connectivity index (χ0v) is 7.23. The van der Waals surface area contributed by atoms with Gasteiger partial charge in [-0.2, -0.15) is 11.8 Å². The number of nitrogens with two attached hydrogens (primary N) is 1. The molecule has 0 aliphatic heterocycles. The highest BCUT2D eigenvalue weighted by Gasteiger charge is 2.11. The summed E-state index contributed by atoms with van der Waals surface area (Å²) in [5.74, 6) is 0. The number of rotatable bonds is 2. The van der Waals surface area contributed by atoms with Gasteiger partial charge in [-0.05, 0) is 20.1 Å². The van der Waals surface area contributed by atoms with Crippen molar-refractivity contribution in [3.8, 4) is 0 Å². The van der Waals surface area contributed by atoms with Gasteiger partial charge in [0, 0.05) is 11.3 Å². The maximum Gasteiger partial charge on any atom is 0.0223 e. The van der Waals surface area contributed by atoms with E-state index in [1.165, 1.54) is 0 Å². The molecule has 0 saturated heterocycles. The summed E-state index contributed by atoms with van der Waals surface area (Å²) in [6, 6.07) is 0. The third-order valence-electron chi connectivity index (χ3n) is 1.04. The first-order valence-electron chi connectivity index (χ1n) is 2.37. The molecule has 1 nitrogen and oxygen atoms in total. The topological polar surface area (TPSA) is 26.0 Å². The van der Waals surface area contributed by atoms with Crippen LogP contribution in [0.4, 0.5) is 0 Å². The molecule has 52 valence electrons. The fraction of sp³-hybridized carbons (Fsp3) is 1.00. The Morgan fingerprint density at radius 3 is 1.88 bits per heavy atom. The van der Waals surface area contributed by atoms with Gasteiger partial charge in [0.25, 0.3) is 0 Å². The second kappa shape index (κ2) is 4.48. The Kier molecular flexibility index (Phi) is 6.38. The molecule has 0 rings (SSSR count). The molecule has 0 aromatic rings.